The summed E-state index contributed by atoms with van der Waals surface area (Å²) in [5, 5.41) is 0. The average Bonchev–Trinajstić information content (AvgIpc) is 2.57. The lowest BCUT2D eigenvalue weighted by Gasteiger charge is -2.31. The fraction of sp³-hybridized carbons (Fsp3) is 1.00. The Bertz CT molecular complexity index is 214. The summed E-state index contributed by atoms with van der Waals surface area (Å²) in [5.41, 5.74) is 6.52. The van der Waals surface area contributed by atoms with Crippen LogP contribution in [0.2, 0.25) is 0 Å². The van der Waals surface area contributed by atoms with Crippen molar-refractivity contribution in [3.63, 3.8) is 0 Å². The third-order valence-corrected chi connectivity index (χ3v) is 4.06. The zero-order valence-electron chi connectivity index (χ0n) is 8.97. The molecule has 76 valence electrons. The van der Waals surface area contributed by atoms with Crippen molar-refractivity contribution in [3.05, 3.63) is 0 Å². The van der Waals surface area contributed by atoms with Gasteiger partial charge in [-0.15, -0.1) is 0 Å². The van der Waals surface area contributed by atoms with Gasteiger partial charge in [-0.3, -0.25) is 0 Å². The summed E-state index contributed by atoms with van der Waals surface area (Å²) >= 11 is 0. The van der Waals surface area contributed by atoms with Crippen molar-refractivity contribution in [1.29, 1.82) is 0 Å². The minimum absolute atomic E-state index is 0.0126. The third kappa shape index (κ3) is 1.31. The Labute approximate surface area is 80.8 Å². The van der Waals surface area contributed by atoms with Crippen molar-refractivity contribution in [2.45, 2.75) is 51.2 Å². The molecule has 2 aliphatic rings. The minimum atomic E-state index is 0.0126. The summed E-state index contributed by atoms with van der Waals surface area (Å²) in [6.07, 6.45) is 3.59. The fourth-order valence-corrected chi connectivity index (χ4v) is 3.12. The smallest absolute Gasteiger partial charge is 0.0673 e. The Morgan fingerprint density at radius 1 is 1.46 bits per heavy atom. The van der Waals surface area contributed by atoms with E-state index in [-0.39, 0.29) is 11.1 Å². The zero-order chi connectivity index (χ0) is 9.69. The molecule has 2 heteroatoms. The topological polar surface area (TPSA) is 35.2 Å². The normalized spacial score (nSPS) is 48.0. The van der Waals surface area contributed by atoms with E-state index in [0.29, 0.717) is 5.92 Å². The van der Waals surface area contributed by atoms with E-state index >= 15 is 0 Å². The number of rotatable bonds is 2. The van der Waals surface area contributed by atoms with Gasteiger partial charge in [-0.2, -0.15) is 0 Å². The van der Waals surface area contributed by atoms with E-state index in [1.807, 2.05) is 0 Å². The summed E-state index contributed by atoms with van der Waals surface area (Å²) in [5.74, 6) is 1.32. The van der Waals surface area contributed by atoms with E-state index in [1.54, 1.807) is 0 Å². The molecule has 1 heterocycles. The van der Waals surface area contributed by atoms with Crippen molar-refractivity contribution in [2.75, 3.05) is 6.61 Å². The largest absolute Gasteiger partial charge is 0.375 e. The monoisotopic (exact) mass is 183 g/mol. The van der Waals surface area contributed by atoms with Gasteiger partial charge in [-0.25, -0.2) is 0 Å². The predicted molar refractivity (Wildman–Crippen MR) is 53.5 cm³/mol. The van der Waals surface area contributed by atoms with Gasteiger partial charge in [0.25, 0.3) is 0 Å². The maximum Gasteiger partial charge on any atom is 0.0673 e. The van der Waals surface area contributed by atoms with Crippen LogP contribution in [0.1, 0.15) is 40.0 Å². The van der Waals surface area contributed by atoms with Crippen molar-refractivity contribution >= 4 is 0 Å². The predicted octanol–water partition coefficient (Wildman–Crippen LogP) is 1.93. The van der Waals surface area contributed by atoms with Gasteiger partial charge in [0.05, 0.1) is 5.60 Å². The van der Waals surface area contributed by atoms with Crippen molar-refractivity contribution in [1.82, 2.24) is 0 Å². The second-order valence-electron chi connectivity index (χ2n) is 5.21. The highest BCUT2D eigenvalue weighted by Gasteiger charge is 2.60. The molecule has 0 aromatic carbocycles. The Hall–Kier alpha value is -0.0800. The summed E-state index contributed by atoms with van der Waals surface area (Å²) in [6.45, 7) is 7.50. The summed E-state index contributed by atoms with van der Waals surface area (Å²) < 4.78 is 5.73. The molecule has 3 atom stereocenters. The van der Waals surface area contributed by atoms with Gasteiger partial charge in [0.1, 0.15) is 0 Å². The lowest BCUT2D eigenvalue weighted by Crippen LogP contribution is -2.44. The van der Waals surface area contributed by atoms with Gasteiger partial charge >= 0.3 is 0 Å². The zero-order valence-corrected chi connectivity index (χ0v) is 8.97. The average molecular weight is 183 g/mol. The quantitative estimate of drug-likeness (QED) is 0.710. The van der Waals surface area contributed by atoms with E-state index in [1.165, 1.54) is 12.8 Å². The highest BCUT2D eigenvalue weighted by molar-refractivity contribution is 5.15. The van der Waals surface area contributed by atoms with Crippen LogP contribution in [0.5, 0.6) is 0 Å². The Kier molecular flexibility index (Phi) is 1.97. The van der Waals surface area contributed by atoms with E-state index in [2.05, 4.69) is 20.8 Å². The van der Waals surface area contributed by atoms with Crippen LogP contribution in [0, 0.1) is 11.8 Å². The van der Waals surface area contributed by atoms with Crippen LogP contribution in [0.25, 0.3) is 0 Å². The molecule has 1 saturated heterocycles. The molecule has 2 nitrogen and oxygen atoms in total. The van der Waals surface area contributed by atoms with E-state index in [4.69, 9.17) is 10.5 Å². The van der Waals surface area contributed by atoms with Crippen LogP contribution in [-0.2, 0) is 4.74 Å². The van der Waals surface area contributed by atoms with Crippen LogP contribution in [0.4, 0.5) is 0 Å². The molecule has 2 N–H and O–H groups in total. The van der Waals surface area contributed by atoms with Crippen molar-refractivity contribution in [3.8, 4) is 0 Å². The first-order valence-corrected chi connectivity index (χ1v) is 5.43. The molecule has 1 aliphatic heterocycles. The number of hydrogen-bond donors (Lipinski definition) is 1. The van der Waals surface area contributed by atoms with Crippen LogP contribution < -0.4 is 5.73 Å². The number of hydrogen-bond acceptors (Lipinski definition) is 2. The van der Waals surface area contributed by atoms with Gasteiger partial charge in [0, 0.05) is 18.1 Å². The number of ether oxygens (including phenoxy) is 1. The molecule has 2 fully saturated rings. The Morgan fingerprint density at radius 2 is 2.15 bits per heavy atom. The molecule has 0 spiro atoms. The lowest BCUT2D eigenvalue weighted by atomic mass is 9.81. The SMILES string of the molecule is CCC1CC1(N)C1CCOC1(C)C. The van der Waals surface area contributed by atoms with Crippen molar-refractivity contribution in [2.24, 2.45) is 17.6 Å². The fourth-order valence-electron chi connectivity index (χ4n) is 3.12. The molecule has 13 heavy (non-hydrogen) atoms. The molecule has 2 rings (SSSR count). The van der Waals surface area contributed by atoms with Gasteiger partial charge in [0.2, 0.25) is 0 Å². The number of nitrogens with two attached hydrogens (primary N) is 1. The van der Waals surface area contributed by atoms with Crippen LogP contribution in [0.3, 0.4) is 0 Å². The van der Waals surface area contributed by atoms with Gasteiger partial charge in [0.15, 0.2) is 0 Å². The Balaban J connectivity index is 2.10. The molecule has 0 amide bonds. The molecular formula is C11H21NO. The molecule has 1 aliphatic carbocycles. The molecule has 0 aromatic heterocycles. The first-order chi connectivity index (χ1) is 6.00. The van der Waals surface area contributed by atoms with Crippen LogP contribution in [0.15, 0.2) is 0 Å². The summed E-state index contributed by atoms with van der Waals surface area (Å²) in [7, 11) is 0. The maximum atomic E-state index is 6.40. The van der Waals surface area contributed by atoms with Crippen molar-refractivity contribution < 1.29 is 4.74 Å². The van der Waals surface area contributed by atoms with Crippen LogP contribution in [-0.4, -0.2) is 17.7 Å². The molecular weight excluding hydrogens is 162 g/mol. The van der Waals surface area contributed by atoms with E-state index < -0.39 is 0 Å². The molecule has 0 radical (unpaired) electrons. The summed E-state index contributed by atoms with van der Waals surface area (Å²) in [6, 6.07) is 0. The van der Waals surface area contributed by atoms with Crippen LogP contribution >= 0.6 is 0 Å². The van der Waals surface area contributed by atoms with Gasteiger partial charge in [-0.05, 0) is 32.6 Å². The third-order valence-electron chi connectivity index (χ3n) is 4.06. The standard InChI is InChI=1S/C11H21NO/c1-4-8-7-11(8,12)9-5-6-13-10(9,2)3/h8-9H,4-7,12H2,1-3H3. The van der Waals surface area contributed by atoms with E-state index in [0.717, 1.165) is 18.9 Å². The highest BCUT2D eigenvalue weighted by Crippen LogP contribution is 2.55. The van der Waals surface area contributed by atoms with Gasteiger partial charge < -0.3 is 10.5 Å². The summed E-state index contributed by atoms with van der Waals surface area (Å²) in [4.78, 5) is 0. The van der Waals surface area contributed by atoms with E-state index in [9.17, 15) is 0 Å². The lowest BCUT2D eigenvalue weighted by molar-refractivity contribution is 0.000917. The van der Waals surface area contributed by atoms with Gasteiger partial charge in [-0.1, -0.05) is 13.3 Å². The minimum Gasteiger partial charge on any atom is -0.375 e. The first-order valence-electron chi connectivity index (χ1n) is 5.43. The first kappa shape index (κ1) is 9.47. The second-order valence-corrected chi connectivity index (χ2v) is 5.21. The molecule has 3 unspecified atom stereocenters. The Morgan fingerprint density at radius 3 is 2.54 bits per heavy atom. The molecule has 0 bridgehead atoms. The maximum absolute atomic E-state index is 6.40. The molecule has 1 saturated carbocycles. The highest BCUT2D eigenvalue weighted by atomic mass is 16.5. The second kappa shape index (κ2) is 2.71. The molecule has 0 aromatic rings.